The van der Waals surface area contributed by atoms with Crippen LogP contribution in [0.15, 0.2) is 17.1 Å². The zero-order valence-electron chi connectivity index (χ0n) is 19.2. The highest BCUT2D eigenvalue weighted by atomic mass is 16.6. The molecule has 1 aromatic rings. The van der Waals surface area contributed by atoms with Gasteiger partial charge >= 0.3 is 11.7 Å². The third kappa shape index (κ3) is 8.18. The summed E-state index contributed by atoms with van der Waals surface area (Å²) in [7, 11) is 0. The lowest BCUT2D eigenvalue weighted by atomic mass is 10.1. The van der Waals surface area contributed by atoms with Crippen LogP contribution in [0.1, 0.15) is 90.2 Å². The van der Waals surface area contributed by atoms with E-state index in [9.17, 15) is 19.8 Å². The average Bonchev–Trinajstić information content (AvgIpc) is 3.07. The van der Waals surface area contributed by atoms with Crippen molar-refractivity contribution in [2.24, 2.45) is 0 Å². The molecule has 0 spiro atoms. The fourth-order valence-electron chi connectivity index (χ4n) is 4.01. The molecular weight excluding hydrogens is 414 g/mol. The lowest BCUT2D eigenvalue weighted by molar-refractivity contribution is -0.156. The van der Waals surface area contributed by atoms with Crippen LogP contribution >= 0.6 is 0 Å². The predicted molar refractivity (Wildman–Crippen MR) is 121 cm³/mol. The van der Waals surface area contributed by atoms with Gasteiger partial charge in [-0.2, -0.15) is 4.98 Å². The molecule has 0 aliphatic carbocycles. The van der Waals surface area contributed by atoms with Crippen LogP contribution in [0.4, 0.5) is 5.82 Å². The molecule has 0 saturated carbocycles. The quantitative estimate of drug-likeness (QED) is 0.272. The lowest BCUT2D eigenvalue weighted by Crippen LogP contribution is -2.39. The van der Waals surface area contributed by atoms with E-state index in [1.165, 1.54) is 63.6 Å². The van der Waals surface area contributed by atoms with Gasteiger partial charge in [-0.15, -0.1) is 0 Å². The molecule has 9 nitrogen and oxygen atoms in total. The van der Waals surface area contributed by atoms with Crippen LogP contribution in [0.2, 0.25) is 0 Å². The normalized spacial score (nSPS) is 22.8. The van der Waals surface area contributed by atoms with Crippen molar-refractivity contribution in [3.63, 3.8) is 0 Å². The van der Waals surface area contributed by atoms with Gasteiger partial charge in [0.1, 0.15) is 18.0 Å². The Morgan fingerprint density at radius 1 is 1.12 bits per heavy atom. The highest BCUT2D eigenvalue weighted by Gasteiger charge is 2.47. The summed E-state index contributed by atoms with van der Waals surface area (Å²) < 4.78 is 12.0. The minimum Gasteiger partial charge on any atom is -0.457 e. The van der Waals surface area contributed by atoms with E-state index in [-0.39, 0.29) is 12.2 Å². The number of nitrogen functional groups attached to an aromatic ring is 1. The molecule has 0 aromatic carbocycles. The number of aliphatic hydroxyl groups is 2. The molecule has 4 atom stereocenters. The van der Waals surface area contributed by atoms with Gasteiger partial charge in [-0.25, -0.2) is 4.79 Å². The van der Waals surface area contributed by atoms with Crippen molar-refractivity contribution in [3.8, 4) is 0 Å². The maximum Gasteiger partial charge on any atom is 0.351 e. The van der Waals surface area contributed by atoms with Crippen LogP contribution in [0.3, 0.4) is 0 Å². The summed E-state index contributed by atoms with van der Waals surface area (Å²) in [6.07, 6.45) is 10.2. The monoisotopic (exact) mass is 453 g/mol. The van der Waals surface area contributed by atoms with Gasteiger partial charge in [-0.1, -0.05) is 71.1 Å². The number of nitrogens with zero attached hydrogens (tertiary/aromatic N) is 2. The fourth-order valence-corrected chi connectivity index (χ4v) is 4.01. The molecule has 182 valence electrons. The summed E-state index contributed by atoms with van der Waals surface area (Å²) in [6.45, 7) is 1.77. The number of carbonyl (C=O) groups excluding carboxylic acids is 1. The van der Waals surface area contributed by atoms with Crippen LogP contribution in [0.5, 0.6) is 0 Å². The van der Waals surface area contributed by atoms with Gasteiger partial charge in [-0.05, 0) is 12.5 Å². The van der Waals surface area contributed by atoms with E-state index in [0.29, 0.717) is 6.42 Å². The second kappa shape index (κ2) is 14.2. The van der Waals surface area contributed by atoms with Crippen molar-refractivity contribution in [2.75, 3.05) is 12.3 Å². The second-order valence-corrected chi connectivity index (χ2v) is 8.52. The van der Waals surface area contributed by atoms with Gasteiger partial charge in [0.2, 0.25) is 0 Å². The van der Waals surface area contributed by atoms with Crippen molar-refractivity contribution in [3.05, 3.63) is 22.7 Å². The number of ether oxygens (including phenoxy) is 2. The van der Waals surface area contributed by atoms with E-state index in [1.807, 2.05) is 0 Å². The number of nitrogens with two attached hydrogens (primary N) is 1. The molecule has 0 amide bonds. The van der Waals surface area contributed by atoms with Gasteiger partial charge in [0.05, 0.1) is 6.61 Å². The first-order chi connectivity index (χ1) is 15.5. The Morgan fingerprint density at radius 3 is 2.28 bits per heavy atom. The maximum atomic E-state index is 12.3. The van der Waals surface area contributed by atoms with Crippen molar-refractivity contribution in [1.29, 1.82) is 0 Å². The van der Waals surface area contributed by atoms with Crippen molar-refractivity contribution in [2.45, 2.75) is 109 Å². The first kappa shape index (κ1) is 26.3. The van der Waals surface area contributed by atoms with Gasteiger partial charge in [0.15, 0.2) is 12.3 Å². The lowest BCUT2D eigenvalue weighted by Gasteiger charge is -2.20. The van der Waals surface area contributed by atoms with E-state index in [2.05, 4.69) is 11.9 Å². The third-order valence-corrected chi connectivity index (χ3v) is 5.87. The van der Waals surface area contributed by atoms with Crippen molar-refractivity contribution < 1.29 is 24.5 Å². The SMILES string of the molecule is CCCCCCCCCCCCCC(=O)O[C@H]1[C@H](O)[C@H](n2ccc(N)nc2=O)O[C@@H]1CO. The zero-order valence-corrected chi connectivity index (χ0v) is 19.2. The Hall–Kier alpha value is -1.97. The first-order valence-electron chi connectivity index (χ1n) is 12.0. The van der Waals surface area contributed by atoms with E-state index >= 15 is 0 Å². The van der Waals surface area contributed by atoms with E-state index in [0.717, 1.165) is 17.4 Å². The Bertz CT molecular complexity index is 741. The van der Waals surface area contributed by atoms with Gasteiger partial charge in [-0.3, -0.25) is 9.36 Å². The van der Waals surface area contributed by atoms with Crippen LogP contribution in [0, 0.1) is 0 Å². The van der Waals surface area contributed by atoms with Gasteiger partial charge in [0.25, 0.3) is 0 Å². The summed E-state index contributed by atoms with van der Waals surface area (Å²) in [4.78, 5) is 27.9. The molecule has 2 heterocycles. The maximum absolute atomic E-state index is 12.3. The third-order valence-electron chi connectivity index (χ3n) is 5.87. The number of unbranched alkanes of at least 4 members (excludes halogenated alkanes) is 10. The summed E-state index contributed by atoms with van der Waals surface area (Å²) in [6, 6.07) is 1.40. The van der Waals surface area contributed by atoms with Crippen LogP contribution in [-0.2, 0) is 14.3 Å². The Kier molecular flexibility index (Phi) is 11.7. The molecule has 1 aromatic heterocycles. The molecular formula is C23H39N3O6. The Labute approximate surface area is 189 Å². The Morgan fingerprint density at radius 2 is 1.72 bits per heavy atom. The minimum atomic E-state index is -1.31. The van der Waals surface area contributed by atoms with Gasteiger partial charge in [0, 0.05) is 12.6 Å². The molecule has 1 aliphatic heterocycles. The number of hydrogen-bond acceptors (Lipinski definition) is 8. The number of hydrogen-bond donors (Lipinski definition) is 3. The molecule has 0 radical (unpaired) electrons. The van der Waals surface area contributed by atoms with E-state index in [4.69, 9.17) is 15.2 Å². The molecule has 0 unspecified atom stereocenters. The Balaban J connectivity index is 1.68. The molecule has 0 bridgehead atoms. The molecule has 2 rings (SSSR count). The number of esters is 1. The van der Waals surface area contributed by atoms with Gasteiger partial charge < -0.3 is 25.4 Å². The summed E-state index contributed by atoms with van der Waals surface area (Å²) in [5.41, 5.74) is 4.79. The minimum absolute atomic E-state index is 0.0485. The first-order valence-corrected chi connectivity index (χ1v) is 12.0. The highest BCUT2D eigenvalue weighted by Crippen LogP contribution is 2.30. The van der Waals surface area contributed by atoms with Crippen molar-refractivity contribution >= 4 is 11.8 Å². The molecule has 1 saturated heterocycles. The summed E-state index contributed by atoms with van der Waals surface area (Å²) >= 11 is 0. The highest BCUT2D eigenvalue weighted by molar-refractivity contribution is 5.69. The largest absolute Gasteiger partial charge is 0.457 e. The molecule has 9 heteroatoms. The number of aliphatic hydroxyl groups excluding tert-OH is 2. The zero-order chi connectivity index (χ0) is 23.3. The molecule has 1 aliphatic rings. The smallest absolute Gasteiger partial charge is 0.351 e. The number of aromatic nitrogens is 2. The predicted octanol–water partition coefficient (Wildman–Crippen LogP) is 2.69. The van der Waals surface area contributed by atoms with Crippen LogP contribution in [0.25, 0.3) is 0 Å². The van der Waals surface area contributed by atoms with E-state index < -0.39 is 42.8 Å². The van der Waals surface area contributed by atoms with Crippen LogP contribution in [-0.4, -0.2) is 50.7 Å². The number of rotatable bonds is 15. The average molecular weight is 454 g/mol. The number of anilines is 1. The summed E-state index contributed by atoms with van der Waals surface area (Å²) in [5.74, 6) is -0.400. The molecule has 32 heavy (non-hydrogen) atoms. The second-order valence-electron chi connectivity index (χ2n) is 8.52. The summed E-state index contributed by atoms with van der Waals surface area (Å²) in [5, 5.41) is 20.1. The fraction of sp³-hybridized carbons (Fsp3) is 0.783. The van der Waals surface area contributed by atoms with Crippen LogP contribution < -0.4 is 11.4 Å². The topological polar surface area (TPSA) is 137 Å². The molecule has 4 N–H and O–H groups in total. The molecule has 1 fully saturated rings. The standard InChI is InChI=1S/C23H39N3O6/c1-2-3-4-5-6-7-8-9-10-11-12-13-19(28)32-21-17(16-27)31-22(20(21)29)26-15-14-18(24)25-23(26)30/h14-15,17,20-22,27,29H,2-13,16H2,1H3,(H2,24,25,30)/t17-,20+,21-,22-/m1/s1. The number of carbonyl (C=O) groups is 1. The van der Waals surface area contributed by atoms with E-state index in [1.54, 1.807) is 0 Å². The van der Waals surface area contributed by atoms with Crippen molar-refractivity contribution in [1.82, 2.24) is 9.55 Å².